The average Bonchev–Trinajstić information content (AvgIpc) is 3.28. The molecule has 26 heavy (non-hydrogen) atoms. The number of carbonyl (C=O) groups is 1. The summed E-state index contributed by atoms with van der Waals surface area (Å²) < 4.78 is 7.50. The Hall–Kier alpha value is -1.47. The fraction of sp³-hybridized carbons (Fsp3) is 0.263. The van der Waals surface area contributed by atoms with Crippen LogP contribution in [0.3, 0.4) is 0 Å². The van der Waals surface area contributed by atoms with E-state index in [-0.39, 0.29) is 12.0 Å². The fourth-order valence-electron chi connectivity index (χ4n) is 3.02. The number of carbonyl (C=O) groups excluding carboxylic acids is 1. The molecule has 3 aromatic rings. The number of amides is 1. The number of anilines is 1. The number of halogens is 2. The van der Waals surface area contributed by atoms with Crippen LogP contribution in [-0.4, -0.2) is 30.1 Å². The number of nitrogens with zero attached hydrogens (tertiary/aromatic N) is 2. The van der Waals surface area contributed by atoms with Gasteiger partial charge in [0, 0.05) is 16.1 Å². The van der Waals surface area contributed by atoms with Gasteiger partial charge in [0.15, 0.2) is 5.13 Å². The first-order valence-electron chi connectivity index (χ1n) is 8.36. The van der Waals surface area contributed by atoms with Crippen molar-refractivity contribution in [2.45, 2.75) is 18.9 Å². The minimum Gasteiger partial charge on any atom is -0.376 e. The highest BCUT2D eigenvalue weighted by molar-refractivity contribution is 9.10. The molecule has 1 atom stereocenters. The van der Waals surface area contributed by atoms with Crippen LogP contribution < -0.4 is 4.90 Å². The highest BCUT2D eigenvalue weighted by Gasteiger charge is 2.27. The number of ether oxygens (including phenoxy) is 1. The SMILES string of the molecule is O=C(c1ccccc1Br)N(CC1CCCO1)c1nc2ccc(Cl)cc2s1. The van der Waals surface area contributed by atoms with E-state index in [1.165, 1.54) is 11.3 Å². The average molecular weight is 452 g/mol. The van der Waals surface area contributed by atoms with Gasteiger partial charge in [-0.05, 0) is 59.1 Å². The number of hydrogen-bond donors (Lipinski definition) is 0. The normalized spacial score (nSPS) is 16.9. The second kappa shape index (κ2) is 7.64. The molecule has 0 N–H and O–H groups in total. The maximum absolute atomic E-state index is 13.3. The molecule has 4 rings (SSSR count). The molecule has 0 bridgehead atoms. The number of aromatic nitrogens is 1. The van der Waals surface area contributed by atoms with Crippen molar-refractivity contribution < 1.29 is 9.53 Å². The summed E-state index contributed by atoms with van der Waals surface area (Å²) >= 11 is 11.0. The largest absolute Gasteiger partial charge is 0.376 e. The second-order valence-electron chi connectivity index (χ2n) is 6.14. The molecule has 4 nitrogen and oxygen atoms in total. The zero-order valence-electron chi connectivity index (χ0n) is 13.8. The summed E-state index contributed by atoms with van der Waals surface area (Å²) in [6.45, 7) is 1.24. The number of benzene rings is 2. The van der Waals surface area contributed by atoms with Gasteiger partial charge in [-0.3, -0.25) is 9.69 Å². The first-order chi connectivity index (χ1) is 12.6. The molecule has 7 heteroatoms. The zero-order valence-corrected chi connectivity index (χ0v) is 17.0. The van der Waals surface area contributed by atoms with Crippen LogP contribution in [0.25, 0.3) is 10.2 Å². The van der Waals surface area contributed by atoms with Crippen molar-refractivity contribution in [3.8, 4) is 0 Å². The molecule has 1 aliphatic rings. The van der Waals surface area contributed by atoms with Gasteiger partial charge in [-0.2, -0.15) is 0 Å². The van der Waals surface area contributed by atoms with E-state index in [2.05, 4.69) is 20.9 Å². The maximum Gasteiger partial charge on any atom is 0.261 e. The van der Waals surface area contributed by atoms with Crippen molar-refractivity contribution in [3.63, 3.8) is 0 Å². The summed E-state index contributed by atoms with van der Waals surface area (Å²) in [5, 5.41) is 1.33. The Morgan fingerprint density at radius 3 is 2.96 bits per heavy atom. The molecule has 1 amide bonds. The van der Waals surface area contributed by atoms with E-state index in [9.17, 15) is 4.79 Å². The fourth-order valence-corrected chi connectivity index (χ4v) is 4.73. The first-order valence-corrected chi connectivity index (χ1v) is 10.3. The predicted octanol–water partition coefficient (Wildman–Crippen LogP) is 5.54. The lowest BCUT2D eigenvalue weighted by atomic mass is 10.2. The molecule has 1 aromatic heterocycles. The van der Waals surface area contributed by atoms with Crippen molar-refractivity contribution in [2.24, 2.45) is 0 Å². The Labute approximate surface area is 168 Å². The van der Waals surface area contributed by atoms with Crippen LogP contribution in [0.1, 0.15) is 23.2 Å². The molecule has 0 saturated carbocycles. The van der Waals surface area contributed by atoms with Crippen LogP contribution >= 0.6 is 38.9 Å². The third-order valence-electron chi connectivity index (χ3n) is 4.33. The smallest absolute Gasteiger partial charge is 0.261 e. The van der Waals surface area contributed by atoms with E-state index in [1.807, 2.05) is 42.5 Å². The molecule has 1 aliphatic heterocycles. The number of hydrogen-bond acceptors (Lipinski definition) is 4. The molecule has 2 heterocycles. The maximum atomic E-state index is 13.3. The summed E-state index contributed by atoms with van der Waals surface area (Å²) in [5.41, 5.74) is 1.45. The monoisotopic (exact) mass is 450 g/mol. The lowest BCUT2D eigenvalue weighted by molar-refractivity contribution is 0.0917. The zero-order chi connectivity index (χ0) is 18.1. The number of rotatable bonds is 4. The Balaban J connectivity index is 1.73. The predicted molar refractivity (Wildman–Crippen MR) is 109 cm³/mol. The van der Waals surface area contributed by atoms with Crippen LogP contribution in [0.5, 0.6) is 0 Å². The van der Waals surface area contributed by atoms with E-state index >= 15 is 0 Å². The number of fused-ring (bicyclic) bond motifs is 1. The van der Waals surface area contributed by atoms with Crippen LogP contribution in [0, 0.1) is 0 Å². The Morgan fingerprint density at radius 1 is 1.35 bits per heavy atom. The van der Waals surface area contributed by atoms with E-state index in [0.29, 0.717) is 22.3 Å². The molecule has 134 valence electrons. The van der Waals surface area contributed by atoms with E-state index in [1.54, 1.807) is 4.90 Å². The lowest BCUT2D eigenvalue weighted by Gasteiger charge is -2.23. The Kier molecular flexibility index (Phi) is 5.27. The number of thiazole rings is 1. The molecule has 0 aliphatic carbocycles. The van der Waals surface area contributed by atoms with Crippen molar-refractivity contribution in [1.82, 2.24) is 4.98 Å². The quantitative estimate of drug-likeness (QED) is 0.523. The highest BCUT2D eigenvalue weighted by Crippen LogP contribution is 2.33. The van der Waals surface area contributed by atoms with E-state index < -0.39 is 0 Å². The summed E-state index contributed by atoms with van der Waals surface area (Å²) in [4.78, 5) is 19.7. The second-order valence-corrected chi connectivity index (χ2v) is 8.44. The standard InChI is InChI=1S/C19H16BrClN2O2S/c20-15-6-2-1-5-14(15)18(24)23(11-13-4-3-9-25-13)19-22-16-8-7-12(21)10-17(16)26-19/h1-2,5-8,10,13H,3-4,9,11H2. The molecule has 0 spiro atoms. The van der Waals surface area contributed by atoms with Crippen molar-refractivity contribution in [3.05, 3.63) is 57.5 Å². The summed E-state index contributed by atoms with van der Waals surface area (Å²) in [5.74, 6) is -0.0851. The molecule has 1 unspecified atom stereocenters. The molecule has 0 radical (unpaired) electrons. The van der Waals surface area contributed by atoms with E-state index in [0.717, 1.165) is 34.1 Å². The lowest BCUT2D eigenvalue weighted by Crippen LogP contribution is -2.37. The van der Waals surface area contributed by atoms with Gasteiger partial charge >= 0.3 is 0 Å². The molecular weight excluding hydrogens is 436 g/mol. The molecule has 1 fully saturated rings. The third kappa shape index (κ3) is 3.64. The van der Waals surface area contributed by atoms with Gasteiger partial charge in [-0.1, -0.05) is 35.1 Å². The third-order valence-corrected chi connectivity index (χ3v) is 6.30. The summed E-state index contributed by atoms with van der Waals surface area (Å²) in [6, 6.07) is 13.0. The highest BCUT2D eigenvalue weighted by atomic mass is 79.9. The van der Waals surface area contributed by atoms with Crippen molar-refractivity contribution in [2.75, 3.05) is 18.1 Å². The minimum absolute atomic E-state index is 0.0389. The van der Waals surface area contributed by atoms with Crippen LogP contribution in [0.15, 0.2) is 46.9 Å². The first kappa shape index (κ1) is 17.9. The summed E-state index contributed by atoms with van der Waals surface area (Å²) in [6.07, 6.45) is 2.02. The van der Waals surface area contributed by atoms with Gasteiger partial charge in [0.1, 0.15) is 0 Å². The van der Waals surface area contributed by atoms with Crippen LogP contribution in [-0.2, 0) is 4.74 Å². The van der Waals surface area contributed by atoms with Gasteiger partial charge in [0.25, 0.3) is 5.91 Å². The summed E-state index contributed by atoms with van der Waals surface area (Å²) in [7, 11) is 0. The molecule has 2 aromatic carbocycles. The van der Waals surface area contributed by atoms with Crippen LogP contribution in [0.2, 0.25) is 5.02 Å². The topological polar surface area (TPSA) is 42.4 Å². The Morgan fingerprint density at radius 2 is 2.19 bits per heavy atom. The Bertz CT molecular complexity index is 956. The van der Waals surface area contributed by atoms with Gasteiger partial charge in [0.05, 0.1) is 28.4 Å². The minimum atomic E-state index is -0.0851. The van der Waals surface area contributed by atoms with Gasteiger partial charge < -0.3 is 4.74 Å². The molecular formula is C19H16BrClN2O2S. The van der Waals surface area contributed by atoms with Crippen molar-refractivity contribution >= 4 is 60.1 Å². The van der Waals surface area contributed by atoms with E-state index in [4.69, 9.17) is 16.3 Å². The molecule has 1 saturated heterocycles. The van der Waals surface area contributed by atoms with Crippen LogP contribution in [0.4, 0.5) is 5.13 Å². The van der Waals surface area contributed by atoms with Gasteiger partial charge in [0.2, 0.25) is 0 Å². The van der Waals surface area contributed by atoms with Gasteiger partial charge in [-0.15, -0.1) is 0 Å². The van der Waals surface area contributed by atoms with Crippen molar-refractivity contribution in [1.29, 1.82) is 0 Å². The van der Waals surface area contributed by atoms with Gasteiger partial charge in [-0.25, -0.2) is 4.98 Å².